The topological polar surface area (TPSA) is 82.5 Å². The highest BCUT2D eigenvalue weighted by Gasteiger charge is 2.34. The lowest BCUT2D eigenvalue weighted by atomic mass is 9.72. The molecule has 7 rings (SSSR count). The van der Waals surface area contributed by atoms with Crippen molar-refractivity contribution in [3.63, 3.8) is 0 Å². The summed E-state index contributed by atoms with van der Waals surface area (Å²) in [5.74, 6) is 0. The normalized spacial score (nSPS) is 14.2. The van der Waals surface area contributed by atoms with Gasteiger partial charge in [0.1, 0.15) is 6.61 Å². The molecular formula is C34H28N4O2. The van der Waals surface area contributed by atoms with Gasteiger partial charge in [-0.25, -0.2) is 9.50 Å². The highest BCUT2D eigenvalue weighted by Crippen LogP contribution is 2.40. The maximum absolute atomic E-state index is 10.6. The summed E-state index contributed by atoms with van der Waals surface area (Å²) in [7, 11) is 0. The van der Waals surface area contributed by atoms with E-state index < -0.39 is 0 Å². The summed E-state index contributed by atoms with van der Waals surface area (Å²) in [6.45, 7) is 0.720. The Balaban J connectivity index is 1.41. The molecule has 1 aliphatic rings. The first kappa shape index (κ1) is 24.2. The van der Waals surface area contributed by atoms with E-state index in [-0.39, 0.29) is 12.1 Å². The van der Waals surface area contributed by atoms with E-state index >= 15 is 0 Å². The van der Waals surface area contributed by atoms with E-state index in [1.54, 1.807) is 0 Å². The molecule has 6 nitrogen and oxygen atoms in total. The van der Waals surface area contributed by atoms with Gasteiger partial charge in [-0.05, 0) is 53.1 Å². The van der Waals surface area contributed by atoms with Crippen molar-refractivity contribution in [3.05, 3.63) is 114 Å². The number of ether oxygens (including phenoxy) is 1. The quantitative estimate of drug-likeness (QED) is 0.230. The van der Waals surface area contributed by atoms with Crippen molar-refractivity contribution < 1.29 is 9.53 Å². The maximum Gasteiger partial charge on any atom is 0.293 e. The molecule has 0 amide bonds. The Morgan fingerprint density at radius 1 is 0.825 bits per heavy atom. The molecule has 0 aliphatic heterocycles. The van der Waals surface area contributed by atoms with Crippen molar-refractivity contribution in [2.45, 2.75) is 31.4 Å². The molecule has 6 aromatic rings. The SMILES string of the molecule is NC1(c2ccc(-c3nc4c5c(-c6ccc(COC=O)cc6)cccc5nn4cc3-c3ccccc3)cc2)CCC1. The van der Waals surface area contributed by atoms with Crippen LogP contribution in [0.3, 0.4) is 0 Å². The van der Waals surface area contributed by atoms with E-state index in [4.69, 9.17) is 20.6 Å². The Morgan fingerprint density at radius 2 is 1.55 bits per heavy atom. The molecule has 6 heteroatoms. The van der Waals surface area contributed by atoms with Crippen molar-refractivity contribution in [3.8, 4) is 33.5 Å². The van der Waals surface area contributed by atoms with Crippen LogP contribution in [0.4, 0.5) is 0 Å². The van der Waals surface area contributed by atoms with Crippen LogP contribution in [0, 0.1) is 0 Å². The van der Waals surface area contributed by atoms with Gasteiger partial charge in [-0.1, -0.05) is 91.0 Å². The lowest BCUT2D eigenvalue weighted by Crippen LogP contribution is -2.43. The molecule has 1 saturated carbocycles. The maximum atomic E-state index is 10.6. The molecule has 196 valence electrons. The molecule has 0 bridgehead atoms. The van der Waals surface area contributed by atoms with Gasteiger partial charge >= 0.3 is 0 Å². The Labute approximate surface area is 232 Å². The summed E-state index contributed by atoms with van der Waals surface area (Å²) in [5, 5.41) is 5.92. The van der Waals surface area contributed by atoms with E-state index in [9.17, 15) is 4.79 Å². The summed E-state index contributed by atoms with van der Waals surface area (Å²) in [6.07, 6.45) is 5.32. The molecule has 40 heavy (non-hydrogen) atoms. The molecule has 0 unspecified atom stereocenters. The third-order valence-electron chi connectivity index (χ3n) is 8.07. The second kappa shape index (κ2) is 9.74. The molecule has 0 saturated heterocycles. The minimum absolute atomic E-state index is 0.205. The number of hydrogen-bond acceptors (Lipinski definition) is 5. The van der Waals surface area contributed by atoms with Crippen molar-refractivity contribution in [1.82, 2.24) is 14.6 Å². The van der Waals surface area contributed by atoms with Gasteiger partial charge in [0.05, 0.1) is 16.6 Å². The predicted octanol–water partition coefficient (Wildman–Crippen LogP) is 6.89. The Hall–Kier alpha value is -4.81. The first-order valence-electron chi connectivity index (χ1n) is 13.5. The lowest BCUT2D eigenvalue weighted by Gasteiger charge is -2.38. The van der Waals surface area contributed by atoms with Gasteiger partial charge in [-0.2, -0.15) is 5.10 Å². The first-order chi connectivity index (χ1) is 19.6. The number of fused-ring (bicyclic) bond motifs is 3. The molecular weight excluding hydrogens is 496 g/mol. The van der Waals surface area contributed by atoms with Gasteiger partial charge in [0.25, 0.3) is 6.47 Å². The highest BCUT2D eigenvalue weighted by molar-refractivity contribution is 6.04. The molecule has 0 spiro atoms. The van der Waals surface area contributed by atoms with Crippen LogP contribution < -0.4 is 5.73 Å². The van der Waals surface area contributed by atoms with Gasteiger partial charge in [0.2, 0.25) is 0 Å². The number of aromatic nitrogens is 3. The largest absolute Gasteiger partial charge is 0.463 e. The zero-order valence-electron chi connectivity index (χ0n) is 22.0. The first-order valence-corrected chi connectivity index (χ1v) is 13.5. The van der Waals surface area contributed by atoms with Crippen molar-refractivity contribution in [2.24, 2.45) is 5.73 Å². The Morgan fingerprint density at radius 3 is 2.25 bits per heavy atom. The van der Waals surface area contributed by atoms with Crippen molar-refractivity contribution in [2.75, 3.05) is 0 Å². The van der Waals surface area contributed by atoms with Gasteiger partial charge in [-0.3, -0.25) is 4.79 Å². The molecule has 2 aromatic heterocycles. The molecule has 1 fully saturated rings. The molecule has 4 aromatic carbocycles. The molecule has 1 aliphatic carbocycles. The molecule has 0 atom stereocenters. The van der Waals surface area contributed by atoms with Crippen LogP contribution in [-0.2, 0) is 21.7 Å². The minimum Gasteiger partial charge on any atom is -0.463 e. The fourth-order valence-electron chi connectivity index (χ4n) is 5.69. The van der Waals surface area contributed by atoms with Crippen LogP contribution in [0.25, 0.3) is 50.1 Å². The number of nitrogens with zero attached hydrogens (tertiary/aromatic N) is 3. The summed E-state index contributed by atoms with van der Waals surface area (Å²) in [5.41, 5.74) is 16.3. The zero-order valence-corrected chi connectivity index (χ0v) is 22.0. The molecule has 2 N–H and O–H groups in total. The number of benzene rings is 4. The van der Waals surface area contributed by atoms with E-state index in [1.165, 1.54) is 12.0 Å². The average molecular weight is 525 g/mol. The number of rotatable bonds is 7. The van der Waals surface area contributed by atoms with Crippen LogP contribution in [0.5, 0.6) is 0 Å². The predicted molar refractivity (Wildman–Crippen MR) is 157 cm³/mol. The number of carbonyl (C=O) groups excluding carboxylic acids is 1. The standard InChI is InChI=1S/C34H28N4O2/c35-34(18-5-19-34)27-16-14-26(15-17-27)32-29(24-6-2-1-3-7-24)20-38-33(36-32)31-28(8-4-9-30(31)37-38)25-12-10-23(11-13-25)21-40-22-39/h1-4,6-17,20,22H,5,18-19,21,35H2. The second-order valence-electron chi connectivity index (χ2n) is 10.5. The Bertz CT molecular complexity index is 1840. The smallest absolute Gasteiger partial charge is 0.293 e. The van der Waals surface area contributed by atoms with Crippen LogP contribution in [0.1, 0.15) is 30.4 Å². The van der Waals surface area contributed by atoms with E-state index in [1.807, 2.05) is 59.1 Å². The van der Waals surface area contributed by atoms with Crippen LogP contribution in [-0.4, -0.2) is 21.1 Å². The number of hydrogen-bond donors (Lipinski definition) is 1. The highest BCUT2D eigenvalue weighted by atomic mass is 16.5. The van der Waals surface area contributed by atoms with Gasteiger partial charge in [0, 0.05) is 22.9 Å². The van der Waals surface area contributed by atoms with Crippen LogP contribution in [0.15, 0.2) is 103 Å². The monoisotopic (exact) mass is 524 g/mol. The van der Waals surface area contributed by atoms with Crippen LogP contribution in [0.2, 0.25) is 0 Å². The van der Waals surface area contributed by atoms with Crippen molar-refractivity contribution in [1.29, 1.82) is 0 Å². The van der Waals surface area contributed by atoms with Gasteiger partial charge < -0.3 is 10.5 Å². The molecule has 0 radical (unpaired) electrons. The van der Waals surface area contributed by atoms with Crippen molar-refractivity contribution >= 4 is 23.0 Å². The lowest BCUT2D eigenvalue weighted by molar-refractivity contribution is -0.129. The van der Waals surface area contributed by atoms with Crippen LogP contribution >= 0.6 is 0 Å². The third kappa shape index (κ3) is 4.14. The second-order valence-corrected chi connectivity index (χ2v) is 10.5. The fourth-order valence-corrected chi connectivity index (χ4v) is 5.69. The van der Waals surface area contributed by atoms with Gasteiger partial charge in [-0.15, -0.1) is 0 Å². The van der Waals surface area contributed by atoms with E-state index in [0.29, 0.717) is 6.47 Å². The minimum atomic E-state index is -0.205. The Kier molecular flexibility index (Phi) is 5.90. The fraction of sp³-hybridized carbons (Fsp3) is 0.147. The summed E-state index contributed by atoms with van der Waals surface area (Å²) >= 11 is 0. The third-order valence-corrected chi connectivity index (χ3v) is 8.07. The summed E-state index contributed by atoms with van der Waals surface area (Å²) in [4.78, 5) is 15.9. The summed E-state index contributed by atoms with van der Waals surface area (Å²) in [6, 6.07) is 33.1. The molecule has 2 heterocycles. The van der Waals surface area contributed by atoms with E-state index in [0.717, 1.165) is 68.5 Å². The average Bonchev–Trinajstić information content (AvgIpc) is 3.37. The van der Waals surface area contributed by atoms with Gasteiger partial charge in [0.15, 0.2) is 5.65 Å². The zero-order chi connectivity index (χ0) is 27.1. The number of carbonyl (C=O) groups is 1. The van der Waals surface area contributed by atoms with E-state index in [2.05, 4.69) is 48.7 Å². The summed E-state index contributed by atoms with van der Waals surface area (Å²) < 4.78 is 6.80. The number of nitrogens with two attached hydrogens (primary N) is 1.